The number of nitrogens with one attached hydrogen (secondary N) is 3. The van der Waals surface area contributed by atoms with Gasteiger partial charge < -0.3 is 10.3 Å². The van der Waals surface area contributed by atoms with Gasteiger partial charge in [0.15, 0.2) is 5.11 Å². The van der Waals surface area contributed by atoms with Crippen molar-refractivity contribution < 1.29 is 0 Å². The van der Waals surface area contributed by atoms with Crippen LogP contribution in [0.15, 0.2) is 72.0 Å². The van der Waals surface area contributed by atoms with E-state index in [1.807, 2.05) is 36.5 Å². The number of fused-ring (bicyclic) bond motifs is 2. The lowest BCUT2D eigenvalue weighted by atomic mass is 10.1. The van der Waals surface area contributed by atoms with E-state index in [1.54, 1.807) is 6.21 Å². The maximum absolute atomic E-state index is 5.37. The number of aromatic nitrogens is 1. The summed E-state index contributed by atoms with van der Waals surface area (Å²) in [7, 11) is 0. The summed E-state index contributed by atoms with van der Waals surface area (Å²) in [4.78, 5) is 3.29. The summed E-state index contributed by atoms with van der Waals surface area (Å²) in [6, 6.07) is 20.5. The van der Waals surface area contributed by atoms with Gasteiger partial charge in [0.2, 0.25) is 0 Å². The highest BCUT2D eigenvalue weighted by molar-refractivity contribution is 7.80. The number of hydrazone groups is 1. The van der Waals surface area contributed by atoms with Gasteiger partial charge in [0.25, 0.3) is 0 Å². The minimum atomic E-state index is 0.452. The molecule has 3 aromatic carbocycles. The third kappa shape index (κ3) is 3.17. The van der Waals surface area contributed by atoms with Gasteiger partial charge in [-0.3, -0.25) is 5.43 Å². The van der Waals surface area contributed by atoms with Gasteiger partial charge in [-0.05, 0) is 36.2 Å². The zero-order chi connectivity index (χ0) is 17.9. The zero-order valence-corrected chi connectivity index (χ0v) is 15.1. The standard InChI is InChI=1S/C21H18N4S/c1-14-6-4-10-18-16(12-22-20(14)18)13-23-25-21(26)24-19-11-5-8-15-7-2-3-9-17(15)19/h2-13,22H,1H3,(H2,24,25,26)/b23-13+. The molecule has 4 aromatic rings. The number of thiocarbonyl (C=S) groups is 1. The summed E-state index contributed by atoms with van der Waals surface area (Å²) < 4.78 is 0. The monoisotopic (exact) mass is 358 g/mol. The molecule has 0 bridgehead atoms. The lowest BCUT2D eigenvalue weighted by Crippen LogP contribution is -2.23. The molecule has 26 heavy (non-hydrogen) atoms. The fraction of sp³-hybridized carbons (Fsp3) is 0.0476. The molecule has 0 amide bonds. The first kappa shape index (κ1) is 16.3. The lowest BCUT2D eigenvalue weighted by Gasteiger charge is -2.09. The third-order valence-corrected chi connectivity index (χ3v) is 4.56. The summed E-state index contributed by atoms with van der Waals surface area (Å²) in [5.41, 5.74) is 7.21. The smallest absolute Gasteiger partial charge is 0.191 e. The predicted molar refractivity (Wildman–Crippen MR) is 114 cm³/mol. The van der Waals surface area contributed by atoms with Crippen LogP contribution in [-0.4, -0.2) is 16.3 Å². The van der Waals surface area contributed by atoms with E-state index in [0.717, 1.165) is 32.9 Å². The Kier molecular flexibility index (Phi) is 4.37. The van der Waals surface area contributed by atoms with Crippen molar-refractivity contribution in [2.24, 2.45) is 5.10 Å². The highest BCUT2D eigenvalue weighted by Gasteiger charge is 2.04. The number of hydrogen-bond acceptors (Lipinski definition) is 2. The van der Waals surface area contributed by atoms with E-state index in [4.69, 9.17) is 12.2 Å². The number of aryl methyl sites for hydroxylation is 1. The molecule has 1 aromatic heterocycles. The fourth-order valence-corrected chi connectivity index (χ4v) is 3.24. The molecular formula is C21H18N4S. The van der Waals surface area contributed by atoms with E-state index >= 15 is 0 Å². The van der Waals surface area contributed by atoms with Gasteiger partial charge >= 0.3 is 0 Å². The number of para-hydroxylation sites is 1. The molecule has 0 aliphatic carbocycles. The van der Waals surface area contributed by atoms with Crippen LogP contribution in [0.3, 0.4) is 0 Å². The Labute approximate surface area is 156 Å². The molecule has 0 aliphatic heterocycles. The molecule has 4 rings (SSSR count). The van der Waals surface area contributed by atoms with Crippen LogP contribution in [0.25, 0.3) is 21.7 Å². The van der Waals surface area contributed by atoms with E-state index in [1.165, 1.54) is 5.56 Å². The molecule has 0 fully saturated rings. The second-order valence-electron chi connectivity index (χ2n) is 6.09. The van der Waals surface area contributed by atoms with Gasteiger partial charge in [0.1, 0.15) is 0 Å². The Hall–Kier alpha value is -3.18. The Morgan fingerprint density at radius 1 is 1.00 bits per heavy atom. The van der Waals surface area contributed by atoms with E-state index in [0.29, 0.717) is 5.11 Å². The fourth-order valence-electron chi connectivity index (χ4n) is 3.08. The van der Waals surface area contributed by atoms with Crippen molar-refractivity contribution in [3.8, 4) is 0 Å². The number of anilines is 1. The normalized spacial score (nSPS) is 11.3. The van der Waals surface area contributed by atoms with Crippen LogP contribution in [0.4, 0.5) is 5.69 Å². The summed E-state index contributed by atoms with van der Waals surface area (Å²) in [6.45, 7) is 2.08. The molecule has 0 saturated carbocycles. The first-order valence-electron chi connectivity index (χ1n) is 8.37. The van der Waals surface area contributed by atoms with Crippen LogP contribution in [0.5, 0.6) is 0 Å². The van der Waals surface area contributed by atoms with Crippen molar-refractivity contribution in [2.75, 3.05) is 5.32 Å². The lowest BCUT2D eigenvalue weighted by molar-refractivity contribution is 1.05. The first-order chi connectivity index (χ1) is 12.7. The highest BCUT2D eigenvalue weighted by Crippen LogP contribution is 2.23. The van der Waals surface area contributed by atoms with Crippen LogP contribution in [-0.2, 0) is 0 Å². The van der Waals surface area contributed by atoms with Crippen LogP contribution >= 0.6 is 12.2 Å². The second-order valence-corrected chi connectivity index (χ2v) is 6.50. The maximum atomic E-state index is 5.37. The Morgan fingerprint density at radius 2 is 1.77 bits per heavy atom. The molecule has 0 unspecified atom stereocenters. The van der Waals surface area contributed by atoms with Crippen molar-refractivity contribution >= 4 is 50.9 Å². The van der Waals surface area contributed by atoms with Crippen molar-refractivity contribution in [1.82, 2.24) is 10.4 Å². The van der Waals surface area contributed by atoms with Crippen molar-refractivity contribution in [1.29, 1.82) is 0 Å². The molecule has 5 heteroatoms. The average Bonchev–Trinajstić information content (AvgIpc) is 3.07. The third-order valence-electron chi connectivity index (χ3n) is 4.36. The number of nitrogens with zero attached hydrogens (tertiary/aromatic N) is 1. The molecule has 0 atom stereocenters. The van der Waals surface area contributed by atoms with Crippen LogP contribution in [0, 0.1) is 6.92 Å². The number of hydrogen-bond donors (Lipinski definition) is 3. The molecular weight excluding hydrogens is 340 g/mol. The summed E-state index contributed by atoms with van der Waals surface area (Å²) in [6.07, 6.45) is 3.72. The van der Waals surface area contributed by atoms with E-state index in [9.17, 15) is 0 Å². The van der Waals surface area contributed by atoms with Crippen LogP contribution in [0.2, 0.25) is 0 Å². The minimum Gasteiger partial charge on any atom is -0.360 e. The van der Waals surface area contributed by atoms with E-state index in [2.05, 4.69) is 58.1 Å². The summed E-state index contributed by atoms with van der Waals surface area (Å²) in [5, 5.41) is 11.4. The van der Waals surface area contributed by atoms with Crippen molar-refractivity contribution in [3.05, 3.63) is 78.0 Å². The van der Waals surface area contributed by atoms with Gasteiger partial charge in [-0.25, -0.2) is 0 Å². The van der Waals surface area contributed by atoms with E-state index in [-0.39, 0.29) is 0 Å². The molecule has 0 saturated heterocycles. The first-order valence-corrected chi connectivity index (χ1v) is 8.78. The van der Waals surface area contributed by atoms with Crippen molar-refractivity contribution in [3.63, 3.8) is 0 Å². The van der Waals surface area contributed by atoms with Crippen LogP contribution < -0.4 is 10.7 Å². The SMILES string of the molecule is Cc1cccc2c(/C=N/NC(=S)Nc3cccc4ccccc34)c[nH]c12. The average molecular weight is 358 g/mol. The van der Waals surface area contributed by atoms with Gasteiger partial charge in [-0.1, -0.05) is 54.6 Å². The minimum absolute atomic E-state index is 0.452. The quantitative estimate of drug-likeness (QED) is 0.276. The highest BCUT2D eigenvalue weighted by atomic mass is 32.1. The predicted octanol–water partition coefficient (Wildman–Crippen LogP) is 4.95. The molecule has 0 aliphatic rings. The molecule has 128 valence electrons. The molecule has 4 nitrogen and oxygen atoms in total. The molecule has 3 N–H and O–H groups in total. The maximum Gasteiger partial charge on any atom is 0.191 e. The summed E-state index contributed by atoms with van der Waals surface area (Å²) >= 11 is 5.37. The number of H-pyrrole nitrogens is 1. The second kappa shape index (κ2) is 6.98. The zero-order valence-electron chi connectivity index (χ0n) is 14.3. The summed E-state index contributed by atoms with van der Waals surface area (Å²) in [5.74, 6) is 0. The Morgan fingerprint density at radius 3 is 2.69 bits per heavy atom. The molecule has 1 heterocycles. The molecule has 0 spiro atoms. The van der Waals surface area contributed by atoms with Gasteiger partial charge in [0, 0.05) is 33.7 Å². The topological polar surface area (TPSA) is 52.2 Å². The van der Waals surface area contributed by atoms with Gasteiger partial charge in [-0.15, -0.1) is 0 Å². The Bertz CT molecular complexity index is 1120. The number of benzene rings is 3. The van der Waals surface area contributed by atoms with Crippen molar-refractivity contribution in [2.45, 2.75) is 6.92 Å². The Balaban J connectivity index is 1.48. The van der Waals surface area contributed by atoms with Gasteiger partial charge in [0.05, 0.1) is 6.21 Å². The van der Waals surface area contributed by atoms with E-state index < -0.39 is 0 Å². The largest absolute Gasteiger partial charge is 0.360 e. The van der Waals surface area contributed by atoms with Gasteiger partial charge in [-0.2, -0.15) is 5.10 Å². The molecule has 0 radical (unpaired) electrons. The number of aromatic amines is 1. The number of rotatable bonds is 3. The van der Waals surface area contributed by atoms with Crippen LogP contribution in [0.1, 0.15) is 11.1 Å².